The number of H-pyrrole nitrogens is 1. The average Bonchev–Trinajstić information content (AvgIpc) is 3.28. The molecule has 1 saturated heterocycles. The van der Waals surface area contributed by atoms with Gasteiger partial charge in [0.1, 0.15) is 4.70 Å². The van der Waals surface area contributed by atoms with Gasteiger partial charge in [0.25, 0.3) is 5.56 Å². The SMILES string of the molecule is CCCCNC(=O)C1CCCN(c2nc3c(-c4ccc(OC)c(OC)c4)csc3c(=O)[nH]2)C1. The van der Waals surface area contributed by atoms with Crippen LogP contribution in [0.25, 0.3) is 21.3 Å². The van der Waals surface area contributed by atoms with Crippen molar-refractivity contribution in [3.05, 3.63) is 33.9 Å². The van der Waals surface area contributed by atoms with Crippen molar-refractivity contribution >= 4 is 33.4 Å². The molecular weight excluding hydrogens is 440 g/mol. The van der Waals surface area contributed by atoms with Gasteiger partial charge in [0.15, 0.2) is 11.5 Å². The van der Waals surface area contributed by atoms with Crippen LogP contribution in [0.5, 0.6) is 11.5 Å². The molecule has 0 bridgehead atoms. The van der Waals surface area contributed by atoms with E-state index in [2.05, 4.69) is 17.2 Å². The van der Waals surface area contributed by atoms with E-state index in [-0.39, 0.29) is 17.4 Å². The van der Waals surface area contributed by atoms with Crippen molar-refractivity contribution in [1.29, 1.82) is 0 Å². The number of rotatable bonds is 8. The molecule has 33 heavy (non-hydrogen) atoms. The highest BCUT2D eigenvalue weighted by atomic mass is 32.1. The summed E-state index contributed by atoms with van der Waals surface area (Å²) in [6, 6.07) is 5.67. The lowest BCUT2D eigenvalue weighted by molar-refractivity contribution is -0.125. The van der Waals surface area contributed by atoms with Crippen molar-refractivity contribution in [2.45, 2.75) is 32.6 Å². The van der Waals surface area contributed by atoms with Crippen molar-refractivity contribution in [2.24, 2.45) is 5.92 Å². The fourth-order valence-corrected chi connectivity index (χ4v) is 5.10. The van der Waals surface area contributed by atoms with Crippen LogP contribution >= 0.6 is 11.3 Å². The number of hydrogen-bond donors (Lipinski definition) is 2. The number of fused-ring (bicyclic) bond motifs is 1. The molecule has 1 aliphatic heterocycles. The highest BCUT2D eigenvalue weighted by Crippen LogP contribution is 2.37. The Morgan fingerprint density at radius 1 is 1.30 bits per heavy atom. The third-order valence-electron chi connectivity index (χ3n) is 6.03. The Morgan fingerprint density at radius 2 is 2.12 bits per heavy atom. The van der Waals surface area contributed by atoms with Crippen LogP contribution < -0.4 is 25.2 Å². The van der Waals surface area contributed by atoms with E-state index in [4.69, 9.17) is 14.5 Å². The highest BCUT2D eigenvalue weighted by molar-refractivity contribution is 7.17. The Kier molecular flexibility index (Phi) is 7.17. The maximum absolute atomic E-state index is 12.9. The van der Waals surface area contributed by atoms with E-state index in [1.807, 2.05) is 28.5 Å². The first-order chi connectivity index (χ1) is 16.0. The molecule has 2 aromatic heterocycles. The maximum Gasteiger partial charge on any atom is 0.270 e. The summed E-state index contributed by atoms with van der Waals surface area (Å²) in [6.45, 7) is 4.11. The van der Waals surface area contributed by atoms with Crippen LogP contribution in [0, 0.1) is 5.92 Å². The van der Waals surface area contributed by atoms with Gasteiger partial charge < -0.3 is 19.7 Å². The first-order valence-electron chi connectivity index (χ1n) is 11.3. The van der Waals surface area contributed by atoms with Gasteiger partial charge in [-0.2, -0.15) is 0 Å². The second-order valence-electron chi connectivity index (χ2n) is 8.22. The van der Waals surface area contributed by atoms with Gasteiger partial charge in [0.2, 0.25) is 11.9 Å². The van der Waals surface area contributed by atoms with Gasteiger partial charge in [-0.15, -0.1) is 11.3 Å². The molecule has 1 atom stereocenters. The monoisotopic (exact) mass is 470 g/mol. The van der Waals surface area contributed by atoms with E-state index in [9.17, 15) is 9.59 Å². The number of carbonyl (C=O) groups excluding carboxylic acids is 1. The summed E-state index contributed by atoms with van der Waals surface area (Å²) in [6.07, 6.45) is 3.74. The average molecular weight is 471 g/mol. The number of nitrogens with zero attached hydrogens (tertiary/aromatic N) is 2. The van der Waals surface area contributed by atoms with Crippen LogP contribution in [0.15, 0.2) is 28.4 Å². The molecule has 1 aliphatic rings. The Labute approximate surface area is 196 Å². The number of ether oxygens (including phenoxy) is 2. The van der Waals surface area contributed by atoms with E-state index < -0.39 is 0 Å². The number of piperidine rings is 1. The fraction of sp³-hybridized carbons (Fsp3) is 0.458. The lowest BCUT2D eigenvalue weighted by Crippen LogP contribution is -2.44. The predicted octanol–water partition coefficient (Wildman–Crippen LogP) is 3.80. The third kappa shape index (κ3) is 4.83. The number of benzene rings is 1. The molecule has 3 heterocycles. The molecule has 9 heteroatoms. The van der Waals surface area contributed by atoms with Crippen LogP contribution in [0.4, 0.5) is 5.95 Å². The number of amides is 1. The van der Waals surface area contributed by atoms with Crippen molar-refractivity contribution in [2.75, 3.05) is 38.8 Å². The van der Waals surface area contributed by atoms with Gasteiger partial charge in [-0.05, 0) is 37.0 Å². The Balaban J connectivity index is 1.64. The number of anilines is 1. The molecule has 1 unspecified atom stereocenters. The summed E-state index contributed by atoms with van der Waals surface area (Å²) in [7, 11) is 3.19. The van der Waals surface area contributed by atoms with Crippen LogP contribution in [-0.4, -0.2) is 49.7 Å². The largest absolute Gasteiger partial charge is 0.493 e. The molecule has 0 spiro atoms. The summed E-state index contributed by atoms with van der Waals surface area (Å²) in [4.78, 5) is 35.2. The lowest BCUT2D eigenvalue weighted by Gasteiger charge is -2.32. The minimum absolute atomic E-state index is 0.0816. The number of carbonyl (C=O) groups is 1. The molecule has 0 radical (unpaired) electrons. The van der Waals surface area contributed by atoms with Crippen molar-refractivity contribution < 1.29 is 14.3 Å². The first kappa shape index (κ1) is 23.1. The van der Waals surface area contributed by atoms with E-state index in [0.717, 1.165) is 43.4 Å². The van der Waals surface area contributed by atoms with Crippen LogP contribution in [0.2, 0.25) is 0 Å². The zero-order valence-electron chi connectivity index (χ0n) is 19.3. The van der Waals surface area contributed by atoms with Gasteiger partial charge in [-0.1, -0.05) is 19.4 Å². The van der Waals surface area contributed by atoms with Gasteiger partial charge in [-0.3, -0.25) is 14.6 Å². The van der Waals surface area contributed by atoms with E-state index in [1.165, 1.54) is 11.3 Å². The molecule has 1 amide bonds. The van der Waals surface area contributed by atoms with Gasteiger partial charge in [-0.25, -0.2) is 4.98 Å². The summed E-state index contributed by atoms with van der Waals surface area (Å²) >= 11 is 1.37. The highest BCUT2D eigenvalue weighted by Gasteiger charge is 2.27. The summed E-state index contributed by atoms with van der Waals surface area (Å²) < 4.78 is 11.4. The van der Waals surface area contributed by atoms with Crippen molar-refractivity contribution in [3.63, 3.8) is 0 Å². The third-order valence-corrected chi connectivity index (χ3v) is 7.00. The number of unbranched alkanes of at least 4 members (excludes halogenated alkanes) is 1. The van der Waals surface area contributed by atoms with Gasteiger partial charge >= 0.3 is 0 Å². The fourth-order valence-electron chi connectivity index (χ4n) is 4.19. The van der Waals surface area contributed by atoms with Crippen LogP contribution in [0.3, 0.4) is 0 Å². The Hall–Kier alpha value is -3.07. The number of aromatic nitrogens is 2. The molecule has 3 aromatic rings. The molecule has 0 saturated carbocycles. The number of hydrogen-bond acceptors (Lipinski definition) is 7. The smallest absolute Gasteiger partial charge is 0.270 e. The standard InChI is InChI=1S/C24H30N4O4S/c1-4-5-10-25-22(29)16-7-6-11-28(13-16)24-26-20-17(14-33-21(20)23(30)27-24)15-8-9-18(31-2)19(12-15)32-3/h8-9,12,14,16H,4-7,10-11,13H2,1-3H3,(H,25,29)(H,26,27,30). The minimum atomic E-state index is -0.166. The molecule has 176 valence electrons. The van der Waals surface area contributed by atoms with Gasteiger partial charge in [0, 0.05) is 30.6 Å². The predicted molar refractivity (Wildman–Crippen MR) is 132 cm³/mol. The number of thiophene rings is 1. The van der Waals surface area contributed by atoms with Crippen molar-refractivity contribution in [1.82, 2.24) is 15.3 Å². The Bertz CT molecular complexity index is 1190. The normalized spacial score (nSPS) is 16.1. The molecule has 4 rings (SSSR count). The molecule has 8 nitrogen and oxygen atoms in total. The molecule has 1 fully saturated rings. The van der Waals surface area contributed by atoms with Gasteiger partial charge in [0.05, 0.1) is 25.7 Å². The molecule has 1 aromatic carbocycles. The quantitative estimate of drug-likeness (QED) is 0.486. The second kappa shape index (κ2) is 10.2. The summed E-state index contributed by atoms with van der Waals surface area (Å²) in [5, 5.41) is 4.98. The van der Waals surface area contributed by atoms with Crippen LogP contribution in [-0.2, 0) is 4.79 Å². The number of nitrogens with one attached hydrogen (secondary N) is 2. The van der Waals surface area contributed by atoms with E-state index in [0.29, 0.717) is 40.8 Å². The van der Waals surface area contributed by atoms with Crippen LogP contribution in [0.1, 0.15) is 32.6 Å². The number of aromatic amines is 1. The summed E-state index contributed by atoms with van der Waals surface area (Å²) in [5.74, 6) is 1.75. The lowest BCUT2D eigenvalue weighted by atomic mass is 9.97. The van der Waals surface area contributed by atoms with Crippen molar-refractivity contribution in [3.8, 4) is 22.6 Å². The topological polar surface area (TPSA) is 96.6 Å². The molecule has 2 N–H and O–H groups in total. The number of methoxy groups -OCH3 is 2. The molecule has 0 aliphatic carbocycles. The molecular formula is C24H30N4O4S. The zero-order chi connectivity index (χ0) is 23.4. The minimum Gasteiger partial charge on any atom is -0.493 e. The second-order valence-corrected chi connectivity index (χ2v) is 9.10. The van der Waals surface area contributed by atoms with E-state index in [1.54, 1.807) is 14.2 Å². The summed E-state index contributed by atoms with van der Waals surface area (Å²) in [5.41, 5.74) is 2.26. The maximum atomic E-state index is 12.9. The Morgan fingerprint density at radius 3 is 2.88 bits per heavy atom. The zero-order valence-corrected chi connectivity index (χ0v) is 20.1. The first-order valence-corrected chi connectivity index (χ1v) is 12.2. The van der Waals surface area contributed by atoms with E-state index >= 15 is 0 Å².